The summed E-state index contributed by atoms with van der Waals surface area (Å²) in [5, 5.41) is 7.47. The van der Waals surface area contributed by atoms with Gasteiger partial charge in [0.05, 0.1) is 5.69 Å². The molecule has 5 nitrogen and oxygen atoms in total. The van der Waals surface area contributed by atoms with Gasteiger partial charge in [0.15, 0.2) is 0 Å². The van der Waals surface area contributed by atoms with E-state index in [1.54, 1.807) is 6.07 Å². The number of para-hydroxylation sites is 1. The van der Waals surface area contributed by atoms with Crippen molar-refractivity contribution in [1.29, 1.82) is 0 Å². The van der Waals surface area contributed by atoms with E-state index in [-0.39, 0.29) is 5.69 Å². The molecule has 104 valence electrons. The normalized spacial score (nSPS) is 11.5. The number of nitrogens with one attached hydrogen (secondary N) is 3. The topological polar surface area (TPSA) is 70.2 Å². The Labute approximate surface area is 111 Å². The van der Waals surface area contributed by atoms with Gasteiger partial charge < -0.3 is 16.0 Å². The summed E-state index contributed by atoms with van der Waals surface area (Å²) in [6.45, 7) is 3.99. The molecule has 1 aromatic carbocycles. The first kappa shape index (κ1) is 14.9. The summed E-state index contributed by atoms with van der Waals surface area (Å²) in [5.41, 5.74) is 0.0927. The van der Waals surface area contributed by atoms with E-state index >= 15 is 0 Å². The monoisotopic (exact) mass is 267 g/mol. The SMILES string of the molecule is CCCNC(=O)NC(C)C(=O)Nc1ccccc1F. The van der Waals surface area contributed by atoms with Crippen LogP contribution >= 0.6 is 0 Å². The van der Waals surface area contributed by atoms with Gasteiger partial charge in [0.2, 0.25) is 5.91 Å². The van der Waals surface area contributed by atoms with E-state index < -0.39 is 23.8 Å². The fourth-order valence-corrected chi connectivity index (χ4v) is 1.36. The number of amides is 3. The Bertz CT molecular complexity index is 451. The second-order valence-corrected chi connectivity index (χ2v) is 4.09. The average molecular weight is 267 g/mol. The predicted molar refractivity (Wildman–Crippen MR) is 71.3 cm³/mol. The van der Waals surface area contributed by atoms with Gasteiger partial charge in [-0.2, -0.15) is 0 Å². The number of halogens is 1. The molecule has 0 saturated heterocycles. The summed E-state index contributed by atoms with van der Waals surface area (Å²) in [4.78, 5) is 23.1. The molecule has 0 saturated carbocycles. The number of carbonyl (C=O) groups is 2. The molecule has 1 rings (SSSR count). The smallest absolute Gasteiger partial charge is 0.315 e. The highest BCUT2D eigenvalue weighted by atomic mass is 19.1. The molecule has 0 aliphatic heterocycles. The van der Waals surface area contributed by atoms with Gasteiger partial charge >= 0.3 is 6.03 Å². The van der Waals surface area contributed by atoms with Crippen LogP contribution in [0.3, 0.4) is 0 Å². The predicted octanol–water partition coefficient (Wildman–Crippen LogP) is 1.86. The molecular weight excluding hydrogens is 249 g/mol. The van der Waals surface area contributed by atoms with Crippen molar-refractivity contribution in [3.63, 3.8) is 0 Å². The molecule has 0 aromatic heterocycles. The van der Waals surface area contributed by atoms with Crippen LogP contribution in [0.15, 0.2) is 24.3 Å². The molecule has 3 amide bonds. The Morgan fingerprint density at radius 1 is 1.32 bits per heavy atom. The van der Waals surface area contributed by atoms with Crippen LogP contribution in [0.25, 0.3) is 0 Å². The van der Waals surface area contributed by atoms with Gasteiger partial charge in [0.25, 0.3) is 0 Å². The molecule has 0 spiro atoms. The standard InChI is InChI=1S/C13H18FN3O2/c1-3-8-15-13(19)16-9(2)12(18)17-11-7-5-4-6-10(11)14/h4-7,9H,3,8H2,1-2H3,(H,17,18)(H2,15,16,19). The lowest BCUT2D eigenvalue weighted by molar-refractivity contribution is -0.117. The first-order valence-electron chi connectivity index (χ1n) is 6.14. The van der Waals surface area contributed by atoms with Crippen LogP contribution in [0.4, 0.5) is 14.9 Å². The Kier molecular flexibility index (Phi) is 5.78. The van der Waals surface area contributed by atoms with Crippen LogP contribution in [0.1, 0.15) is 20.3 Å². The van der Waals surface area contributed by atoms with Gasteiger partial charge in [0, 0.05) is 6.54 Å². The van der Waals surface area contributed by atoms with Gasteiger partial charge in [-0.15, -0.1) is 0 Å². The summed E-state index contributed by atoms with van der Waals surface area (Å²) >= 11 is 0. The van der Waals surface area contributed by atoms with Gasteiger partial charge in [0.1, 0.15) is 11.9 Å². The highest BCUT2D eigenvalue weighted by Crippen LogP contribution is 2.12. The fourth-order valence-electron chi connectivity index (χ4n) is 1.36. The summed E-state index contributed by atoms with van der Waals surface area (Å²) in [5.74, 6) is -0.991. The minimum Gasteiger partial charge on any atom is -0.338 e. The second kappa shape index (κ2) is 7.35. The first-order chi connectivity index (χ1) is 9.04. The lowest BCUT2D eigenvalue weighted by Crippen LogP contribution is -2.46. The average Bonchev–Trinajstić information content (AvgIpc) is 2.38. The molecule has 0 heterocycles. The zero-order valence-electron chi connectivity index (χ0n) is 11.0. The molecule has 0 fully saturated rings. The Hall–Kier alpha value is -2.11. The third kappa shape index (κ3) is 4.95. The van der Waals surface area contributed by atoms with Gasteiger partial charge in [-0.25, -0.2) is 9.18 Å². The highest BCUT2D eigenvalue weighted by molar-refractivity contribution is 5.96. The van der Waals surface area contributed by atoms with Crippen molar-refractivity contribution in [3.05, 3.63) is 30.1 Å². The number of rotatable bonds is 5. The van der Waals surface area contributed by atoms with Crippen molar-refractivity contribution >= 4 is 17.6 Å². The Morgan fingerprint density at radius 2 is 2.00 bits per heavy atom. The third-order valence-corrected chi connectivity index (χ3v) is 2.41. The molecule has 3 N–H and O–H groups in total. The van der Waals surface area contributed by atoms with Crippen LogP contribution in [-0.4, -0.2) is 24.5 Å². The number of hydrogen-bond donors (Lipinski definition) is 3. The van der Waals surface area contributed by atoms with Crippen molar-refractivity contribution < 1.29 is 14.0 Å². The van der Waals surface area contributed by atoms with Crippen molar-refractivity contribution in [2.24, 2.45) is 0 Å². The Morgan fingerprint density at radius 3 is 2.63 bits per heavy atom. The molecular formula is C13H18FN3O2. The van der Waals surface area contributed by atoms with E-state index in [1.165, 1.54) is 25.1 Å². The number of urea groups is 1. The van der Waals surface area contributed by atoms with Crippen molar-refractivity contribution in [2.45, 2.75) is 26.3 Å². The molecule has 1 unspecified atom stereocenters. The van der Waals surface area contributed by atoms with Gasteiger partial charge in [-0.05, 0) is 25.5 Å². The summed E-state index contributed by atoms with van der Waals surface area (Å²) in [6.07, 6.45) is 0.809. The van der Waals surface area contributed by atoms with E-state index in [9.17, 15) is 14.0 Å². The lowest BCUT2D eigenvalue weighted by atomic mass is 10.2. The van der Waals surface area contributed by atoms with Crippen LogP contribution in [0, 0.1) is 5.82 Å². The van der Waals surface area contributed by atoms with Crippen molar-refractivity contribution in [1.82, 2.24) is 10.6 Å². The zero-order chi connectivity index (χ0) is 14.3. The van der Waals surface area contributed by atoms with Crippen LogP contribution in [0.2, 0.25) is 0 Å². The van der Waals surface area contributed by atoms with Crippen LogP contribution in [0.5, 0.6) is 0 Å². The molecule has 6 heteroatoms. The quantitative estimate of drug-likeness (QED) is 0.762. The van der Waals surface area contributed by atoms with Gasteiger partial charge in [-0.3, -0.25) is 4.79 Å². The molecule has 0 aliphatic rings. The zero-order valence-corrected chi connectivity index (χ0v) is 11.0. The maximum Gasteiger partial charge on any atom is 0.315 e. The maximum absolute atomic E-state index is 13.3. The van der Waals surface area contributed by atoms with E-state index in [0.29, 0.717) is 6.54 Å². The Balaban J connectivity index is 2.49. The summed E-state index contributed by atoms with van der Waals surface area (Å²) < 4.78 is 13.3. The summed E-state index contributed by atoms with van der Waals surface area (Å²) in [7, 11) is 0. The first-order valence-corrected chi connectivity index (χ1v) is 6.14. The van der Waals surface area contributed by atoms with E-state index in [1.807, 2.05) is 6.92 Å². The highest BCUT2D eigenvalue weighted by Gasteiger charge is 2.16. The lowest BCUT2D eigenvalue weighted by Gasteiger charge is -2.14. The molecule has 1 atom stereocenters. The fraction of sp³-hybridized carbons (Fsp3) is 0.385. The van der Waals surface area contributed by atoms with E-state index in [0.717, 1.165) is 6.42 Å². The molecule has 0 aliphatic carbocycles. The number of carbonyl (C=O) groups excluding carboxylic acids is 2. The van der Waals surface area contributed by atoms with E-state index in [4.69, 9.17) is 0 Å². The van der Waals surface area contributed by atoms with Crippen molar-refractivity contribution in [2.75, 3.05) is 11.9 Å². The number of anilines is 1. The summed E-state index contributed by atoms with van der Waals surface area (Å²) in [6, 6.07) is 4.68. The van der Waals surface area contributed by atoms with Crippen LogP contribution in [-0.2, 0) is 4.79 Å². The van der Waals surface area contributed by atoms with E-state index in [2.05, 4.69) is 16.0 Å². The number of hydrogen-bond acceptors (Lipinski definition) is 2. The maximum atomic E-state index is 13.3. The minimum absolute atomic E-state index is 0.0927. The minimum atomic E-state index is -0.753. The molecule has 1 aromatic rings. The number of benzene rings is 1. The second-order valence-electron chi connectivity index (χ2n) is 4.09. The largest absolute Gasteiger partial charge is 0.338 e. The van der Waals surface area contributed by atoms with Crippen molar-refractivity contribution in [3.8, 4) is 0 Å². The van der Waals surface area contributed by atoms with Gasteiger partial charge in [-0.1, -0.05) is 19.1 Å². The molecule has 0 radical (unpaired) electrons. The third-order valence-electron chi connectivity index (χ3n) is 2.41. The van der Waals surface area contributed by atoms with Crippen LogP contribution < -0.4 is 16.0 Å². The molecule has 19 heavy (non-hydrogen) atoms. The molecule has 0 bridgehead atoms.